The molecule has 5 heteroatoms. The van der Waals surface area contributed by atoms with E-state index in [0.717, 1.165) is 6.42 Å². The van der Waals surface area contributed by atoms with Gasteiger partial charge in [-0.25, -0.2) is 0 Å². The standard InChI is InChI=1S/C9H20N2O3/c1-13-6-3-4-11(5-7-14-2)9(12)8-10/h3-8,10H2,1-2H3. The fourth-order valence-corrected chi connectivity index (χ4v) is 1.09. The van der Waals surface area contributed by atoms with Gasteiger partial charge in [-0.05, 0) is 6.42 Å². The maximum Gasteiger partial charge on any atom is 0.236 e. The summed E-state index contributed by atoms with van der Waals surface area (Å²) in [6.07, 6.45) is 0.825. The van der Waals surface area contributed by atoms with E-state index in [4.69, 9.17) is 15.2 Å². The van der Waals surface area contributed by atoms with Crippen LogP contribution in [0, 0.1) is 0 Å². The van der Waals surface area contributed by atoms with Gasteiger partial charge in [-0.3, -0.25) is 4.79 Å². The van der Waals surface area contributed by atoms with Crippen molar-refractivity contribution < 1.29 is 14.3 Å². The van der Waals surface area contributed by atoms with E-state index >= 15 is 0 Å². The molecule has 0 aromatic heterocycles. The summed E-state index contributed by atoms with van der Waals surface area (Å²) in [5.41, 5.74) is 5.29. The van der Waals surface area contributed by atoms with E-state index in [-0.39, 0.29) is 12.5 Å². The monoisotopic (exact) mass is 204 g/mol. The molecule has 0 radical (unpaired) electrons. The molecule has 84 valence electrons. The van der Waals surface area contributed by atoms with Crippen LogP contribution in [0.3, 0.4) is 0 Å². The molecule has 0 saturated carbocycles. The third-order valence-corrected chi connectivity index (χ3v) is 1.87. The second kappa shape index (κ2) is 8.93. The fraction of sp³-hybridized carbons (Fsp3) is 0.889. The molecule has 2 N–H and O–H groups in total. The SMILES string of the molecule is COCCCN(CCOC)C(=O)CN. The minimum absolute atomic E-state index is 0.0434. The Morgan fingerprint density at radius 3 is 2.36 bits per heavy atom. The number of rotatable bonds is 8. The van der Waals surface area contributed by atoms with E-state index in [2.05, 4.69) is 0 Å². The largest absolute Gasteiger partial charge is 0.385 e. The van der Waals surface area contributed by atoms with Gasteiger partial charge in [0.1, 0.15) is 0 Å². The van der Waals surface area contributed by atoms with Crippen molar-refractivity contribution in [2.45, 2.75) is 6.42 Å². The van der Waals surface area contributed by atoms with Crippen molar-refractivity contribution >= 4 is 5.91 Å². The van der Waals surface area contributed by atoms with Crippen LogP contribution in [-0.2, 0) is 14.3 Å². The molecule has 0 aliphatic rings. The molecule has 0 atom stereocenters. The summed E-state index contributed by atoms with van der Waals surface area (Å²) in [6, 6.07) is 0. The first-order valence-electron chi connectivity index (χ1n) is 4.72. The minimum atomic E-state index is -0.0434. The quantitative estimate of drug-likeness (QED) is 0.539. The van der Waals surface area contributed by atoms with Crippen LogP contribution in [0.2, 0.25) is 0 Å². The van der Waals surface area contributed by atoms with E-state index in [0.29, 0.717) is 26.3 Å². The van der Waals surface area contributed by atoms with Crippen molar-refractivity contribution in [2.24, 2.45) is 5.73 Å². The van der Waals surface area contributed by atoms with E-state index in [1.165, 1.54) is 0 Å². The number of hydrogen-bond donors (Lipinski definition) is 1. The molecule has 0 bridgehead atoms. The third-order valence-electron chi connectivity index (χ3n) is 1.87. The number of nitrogens with two attached hydrogens (primary N) is 1. The van der Waals surface area contributed by atoms with Gasteiger partial charge in [0.25, 0.3) is 0 Å². The van der Waals surface area contributed by atoms with Gasteiger partial charge in [-0.2, -0.15) is 0 Å². The zero-order chi connectivity index (χ0) is 10.8. The Labute approximate surface area is 85.1 Å². The van der Waals surface area contributed by atoms with Gasteiger partial charge in [-0.15, -0.1) is 0 Å². The Kier molecular flexibility index (Phi) is 8.51. The maximum atomic E-state index is 11.3. The van der Waals surface area contributed by atoms with Gasteiger partial charge >= 0.3 is 0 Å². The van der Waals surface area contributed by atoms with Crippen LogP contribution >= 0.6 is 0 Å². The summed E-state index contributed by atoms with van der Waals surface area (Å²) in [6.45, 7) is 2.51. The molecule has 0 aliphatic heterocycles. The maximum absolute atomic E-state index is 11.3. The lowest BCUT2D eigenvalue weighted by Gasteiger charge is -2.21. The molecule has 0 aromatic rings. The number of carbonyl (C=O) groups is 1. The average Bonchev–Trinajstić information content (AvgIpc) is 2.22. The van der Waals surface area contributed by atoms with Crippen molar-refractivity contribution in [3.8, 4) is 0 Å². The summed E-state index contributed by atoms with van der Waals surface area (Å²) in [5, 5.41) is 0. The normalized spacial score (nSPS) is 10.2. The molecule has 0 heterocycles. The molecular formula is C9H20N2O3. The Morgan fingerprint density at radius 1 is 1.21 bits per heavy atom. The molecule has 0 aliphatic carbocycles. The van der Waals surface area contributed by atoms with Crippen LogP contribution in [0.15, 0.2) is 0 Å². The predicted octanol–water partition coefficient (Wildman–Crippen LogP) is -0.543. The van der Waals surface area contributed by atoms with Crippen molar-refractivity contribution in [1.82, 2.24) is 4.90 Å². The Bertz CT molecular complexity index is 153. The number of hydrogen-bond acceptors (Lipinski definition) is 4. The van der Waals surface area contributed by atoms with Gasteiger partial charge in [-0.1, -0.05) is 0 Å². The highest BCUT2D eigenvalue weighted by atomic mass is 16.5. The predicted molar refractivity (Wildman–Crippen MR) is 54.0 cm³/mol. The zero-order valence-electron chi connectivity index (χ0n) is 8.99. The molecule has 0 aromatic carbocycles. The lowest BCUT2D eigenvalue weighted by molar-refractivity contribution is -0.130. The zero-order valence-corrected chi connectivity index (χ0v) is 8.99. The van der Waals surface area contributed by atoms with Gasteiger partial charge in [0.15, 0.2) is 0 Å². The Hall–Kier alpha value is -0.650. The number of ether oxygens (including phenoxy) is 2. The first-order chi connectivity index (χ1) is 6.76. The fourth-order valence-electron chi connectivity index (χ4n) is 1.09. The second-order valence-electron chi connectivity index (χ2n) is 2.92. The smallest absolute Gasteiger partial charge is 0.236 e. The highest BCUT2D eigenvalue weighted by molar-refractivity contribution is 5.77. The molecule has 0 rings (SSSR count). The van der Waals surface area contributed by atoms with Crippen LogP contribution in [-0.4, -0.2) is 57.9 Å². The van der Waals surface area contributed by atoms with Gasteiger partial charge in [0.05, 0.1) is 13.2 Å². The lowest BCUT2D eigenvalue weighted by Crippen LogP contribution is -2.39. The van der Waals surface area contributed by atoms with E-state index in [1.54, 1.807) is 19.1 Å². The molecule has 0 unspecified atom stereocenters. The summed E-state index contributed by atoms with van der Waals surface area (Å²) < 4.78 is 9.82. The van der Waals surface area contributed by atoms with Crippen LogP contribution in [0.25, 0.3) is 0 Å². The summed E-state index contributed by atoms with van der Waals surface area (Å²) in [5.74, 6) is -0.0434. The molecular weight excluding hydrogens is 184 g/mol. The summed E-state index contributed by atoms with van der Waals surface area (Å²) >= 11 is 0. The molecule has 0 fully saturated rings. The van der Waals surface area contributed by atoms with Crippen molar-refractivity contribution in [1.29, 1.82) is 0 Å². The van der Waals surface area contributed by atoms with Crippen LogP contribution in [0.5, 0.6) is 0 Å². The molecule has 1 amide bonds. The number of methoxy groups -OCH3 is 2. The van der Waals surface area contributed by atoms with Crippen molar-refractivity contribution in [2.75, 3.05) is 47.1 Å². The van der Waals surface area contributed by atoms with E-state index in [1.807, 2.05) is 0 Å². The van der Waals surface area contributed by atoms with E-state index in [9.17, 15) is 4.79 Å². The van der Waals surface area contributed by atoms with Gasteiger partial charge < -0.3 is 20.1 Å². The number of carbonyl (C=O) groups excluding carboxylic acids is 1. The molecule has 14 heavy (non-hydrogen) atoms. The Morgan fingerprint density at radius 2 is 1.86 bits per heavy atom. The summed E-state index contributed by atoms with van der Waals surface area (Å²) in [4.78, 5) is 13.0. The number of nitrogens with zero attached hydrogens (tertiary/aromatic N) is 1. The highest BCUT2D eigenvalue weighted by Gasteiger charge is 2.10. The summed E-state index contributed by atoms with van der Waals surface area (Å²) in [7, 11) is 3.25. The number of amides is 1. The molecule has 5 nitrogen and oxygen atoms in total. The van der Waals surface area contributed by atoms with Crippen LogP contribution in [0.1, 0.15) is 6.42 Å². The Balaban J connectivity index is 3.78. The average molecular weight is 204 g/mol. The van der Waals surface area contributed by atoms with Gasteiger partial charge in [0, 0.05) is 33.9 Å². The van der Waals surface area contributed by atoms with Crippen molar-refractivity contribution in [3.63, 3.8) is 0 Å². The minimum Gasteiger partial charge on any atom is -0.385 e. The molecule has 0 saturated heterocycles. The third kappa shape index (κ3) is 5.90. The lowest BCUT2D eigenvalue weighted by atomic mass is 10.3. The van der Waals surface area contributed by atoms with Crippen LogP contribution < -0.4 is 5.73 Å². The second-order valence-corrected chi connectivity index (χ2v) is 2.92. The van der Waals surface area contributed by atoms with E-state index < -0.39 is 0 Å². The van der Waals surface area contributed by atoms with Crippen LogP contribution in [0.4, 0.5) is 0 Å². The first-order valence-corrected chi connectivity index (χ1v) is 4.72. The topological polar surface area (TPSA) is 64.8 Å². The van der Waals surface area contributed by atoms with Crippen molar-refractivity contribution in [3.05, 3.63) is 0 Å². The highest BCUT2D eigenvalue weighted by Crippen LogP contribution is 1.93. The molecule has 0 spiro atoms. The first kappa shape index (κ1) is 13.4. The van der Waals surface area contributed by atoms with Gasteiger partial charge in [0.2, 0.25) is 5.91 Å².